The molecule has 1 heterocycles. The van der Waals surface area contributed by atoms with E-state index in [1.54, 1.807) is 11.8 Å². The van der Waals surface area contributed by atoms with E-state index in [1.165, 1.54) is 0 Å². The summed E-state index contributed by atoms with van der Waals surface area (Å²) in [6, 6.07) is 0. The Balaban J connectivity index is 2.54. The first-order chi connectivity index (χ1) is 7.06. The normalized spacial score (nSPS) is 21.5. The summed E-state index contributed by atoms with van der Waals surface area (Å²) in [5.74, 6) is -0.643. The summed E-state index contributed by atoms with van der Waals surface area (Å²) in [5.41, 5.74) is 5.39. The van der Waals surface area contributed by atoms with Crippen LogP contribution < -0.4 is 5.73 Å². The largest absolute Gasteiger partial charge is 0.409 e. The summed E-state index contributed by atoms with van der Waals surface area (Å²) in [6.45, 7) is 4.80. The van der Waals surface area contributed by atoms with Gasteiger partial charge in [0.1, 0.15) is 0 Å². The topological polar surface area (TPSA) is 82.2 Å². The number of amidine groups is 1. The Labute approximate surface area is 89.3 Å². The van der Waals surface area contributed by atoms with E-state index >= 15 is 0 Å². The van der Waals surface area contributed by atoms with Crippen molar-refractivity contribution in [3.05, 3.63) is 0 Å². The Morgan fingerprint density at radius 1 is 1.40 bits per heavy atom. The molecule has 6 heteroatoms. The number of carbonyl (C=O) groups is 1. The minimum absolute atomic E-state index is 0.0288. The molecule has 1 aliphatic heterocycles. The van der Waals surface area contributed by atoms with Gasteiger partial charge in [0.05, 0.1) is 5.92 Å². The van der Waals surface area contributed by atoms with Gasteiger partial charge in [-0.15, -0.1) is 0 Å². The number of carbonyl (C=O) groups excluding carboxylic acids is 1. The molecule has 0 saturated carbocycles. The van der Waals surface area contributed by atoms with Crippen LogP contribution >= 0.6 is 0 Å². The summed E-state index contributed by atoms with van der Waals surface area (Å²) in [6.07, 6.45) is 0. The first kappa shape index (κ1) is 11.8. The summed E-state index contributed by atoms with van der Waals surface area (Å²) in [5, 5.41) is 11.3. The van der Waals surface area contributed by atoms with Gasteiger partial charge in [-0.3, -0.25) is 4.79 Å². The average molecular weight is 214 g/mol. The zero-order chi connectivity index (χ0) is 11.4. The van der Waals surface area contributed by atoms with E-state index < -0.39 is 5.92 Å². The predicted octanol–water partition coefficient (Wildman–Crippen LogP) is -0.857. The van der Waals surface area contributed by atoms with E-state index in [0.717, 1.165) is 13.1 Å². The van der Waals surface area contributed by atoms with E-state index in [0.29, 0.717) is 13.1 Å². The highest BCUT2D eigenvalue weighted by Gasteiger charge is 2.25. The number of likely N-dealkylation sites (N-methyl/N-ethyl adjacent to an activating group) is 1. The number of hydrogen-bond acceptors (Lipinski definition) is 4. The molecular weight excluding hydrogens is 196 g/mol. The zero-order valence-electron chi connectivity index (χ0n) is 9.18. The maximum Gasteiger partial charge on any atom is 0.233 e. The van der Waals surface area contributed by atoms with Crippen LogP contribution in [0, 0.1) is 5.92 Å². The minimum atomic E-state index is -0.543. The van der Waals surface area contributed by atoms with Gasteiger partial charge in [0.25, 0.3) is 0 Å². The fraction of sp³-hybridized carbons (Fsp3) is 0.778. The van der Waals surface area contributed by atoms with Crippen molar-refractivity contribution >= 4 is 11.7 Å². The van der Waals surface area contributed by atoms with Crippen LogP contribution in [0.1, 0.15) is 6.92 Å². The number of hydrogen-bond donors (Lipinski definition) is 2. The third kappa shape index (κ3) is 2.82. The van der Waals surface area contributed by atoms with Crippen LogP contribution in [-0.2, 0) is 4.79 Å². The van der Waals surface area contributed by atoms with Crippen LogP contribution in [0.25, 0.3) is 0 Å². The molecule has 0 spiro atoms. The molecule has 0 aliphatic carbocycles. The Bertz CT molecular complexity index is 259. The molecule has 1 aliphatic rings. The van der Waals surface area contributed by atoms with Gasteiger partial charge in [-0.25, -0.2) is 0 Å². The minimum Gasteiger partial charge on any atom is -0.409 e. The molecule has 1 rings (SSSR count). The summed E-state index contributed by atoms with van der Waals surface area (Å²) >= 11 is 0. The second-order valence-corrected chi connectivity index (χ2v) is 3.88. The van der Waals surface area contributed by atoms with Gasteiger partial charge >= 0.3 is 0 Å². The smallest absolute Gasteiger partial charge is 0.233 e. The van der Waals surface area contributed by atoms with Gasteiger partial charge in [0.15, 0.2) is 5.84 Å². The maximum atomic E-state index is 11.8. The third-order valence-electron chi connectivity index (χ3n) is 2.74. The average Bonchev–Trinajstić information content (AvgIpc) is 2.27. The van der Waals surface area contributed by atoms with Gasteiger partial charge in [-0.1, -0.05) is 5.16 Å². The number of oxime groups is 1. The lowest BCUT2D eigenvalue weighted by Gasteiger charge is -2.33. The van der Waals surface area contributed by atoms with Crippen LogP contribution in [0.5, 0.6) is 0 Å². The van der Waals surface area contributed by atoms with Crippen LogP contribution in [0.4, 0.5) is 0 Å². The van der Waals surface area contributed by atoms with Crippen LogP contribution in [-0.4, -0.2) is 60.0 Å². The van der Waals surface area contributed by atoms with Gasteiger partial charge in [0, 0.05) is 26.2 Å². The van der Waals surface area contributed by atoms with Crippen molar-refractivity contribution in [3.63, 3.8) is 0 Å². The molecular formula is C9H18N4O2. The Morgan fingerprint density at radius 2 is 1.93 bits per heavy atom. The molecule has 6 nitrogen and oxygen atoms in total. The molecule has 0 radical (unpaired) electrons. The second-order valence-electron chi connectivity index (χ2n) is 3.88. The molecule has 1 saturated heterocycles. The van der Waals surface area contributed by atoms with Crippen molar-refractivity contribution in [2.75, 3.05) is 33.2 Å². The monoisotopic (exact) mass is 214 g/mol. The first-order valence-corrected chi connectivity index (χ1v) is 5.01. The lowest BCUT2D eigenvalue weighted by molar-refractivity contribution is -0.134. The molecule has 1 fully saturated rings. The van der Waals surface area contributed by atoms with Crippen LogP contribution in [0.3, 0.4) is 0 Å². The molecule has 3 N–H and O–H groups in total. The maximum absolute atomic E-state index is 11.8. The highest BCUT2D eigenvalue weighted by atomic mass is 16.4. The lowest BCUT2D eigenvalue weighted by Crippen LogP contribution is -2.50. The van der Waals surface area contributed by atoms with Crippen molar-refractivity contribution in [2.45, 2.75) is 6.92 Å². The molecule has 1 unspecified atom stereocenters. The number of amides is 1. The van der Waals surface area contributed by atoms with Gasteiger partial charge in [-0.2, -0.15) is 0 Å². The Hall–Kier alpha value is -1.30. The Morgan fingerprint density at radius 3 is 2.40 bits per heavy atom. The molecule has 0 bridgehead atoms. The molecule has 0 aromatic carbocycles. The van der Waals surface area contributed by atoms with Crippen molar-refractivity contribution in [1.82, 2.24) is 9.80 Å². The van der Waals surface area contributed by atoms with Gasteiger partial charge in [0.2, 0.25) is 5.91 Å². The van der Waals surface area contributed by atoms with E-state index in [-0.39, 0.29) is 11.7 Å². The highest BCUT2D eigenvalue weighted by molar-refractivity contribution is 6.01. The number of nitrogens with two attached hydrogens (primary N) is 1. The third-order valence-corrected chi connectivity index (χ3v) is 2.74. The van der Waals surface area contributed by atoms with E-state index in [9.17, 15) is 4.79 Å². The summed E-state index contributed by atoms with van der Waals surface area (Å²) in [4.78, 5) is 15.8. The lowest BCUT2D eigenvalue weighted by atomic mass is 10.1. The Kier molecular flexibility index (Phi) is 3.90. The zero-order valence-corrected chi connectivity index (χ0v) is 9.18. The molecule has 0 aromatic heterocycles. The summed E-state index contributed by atoms with van der Waals surface area (Å²) < 4.78 is 0. The number of nitrogens with zero attached hydrogens (tertiary/aromatic N) is 3. The first-order valence-electron chi connectivity index (χ1n) is 5.01. The van der Waals surface area contributed by atoms with E-state index in [4.69, 9.17) is 10.9 Å². The van der Waals surface area contributed by atoms with Crippen molar-refractivity contribution in [1.29, 1.82) is 0 Å². The van der Waals surface area contributed by atoms with Gasteiger partial charge < -0.3 is 20.7 Å². The molecule has 0 aromatic rings. The van der Waals surface area contributed by atoms with E-state index in [1.807, 2.05) is 7.05 Å². The highest BCUT2D eigenvalue weighted by Crippen LogP contribution is 2.06. The molecule has 1 amide bonds. The van der Waals surface area contributed by atoms with Crippen molar-refractivity contribution in [2.24, 2.45) is 16.8 Å². The standard InChI is InChI=1S/C9H18N4O2/c1-7(8(10)11-15)9(14)13-5-3-12(2)4-6-13/h7,15H,3-6H2,1-2H3,(H2,10,11). The number of rotatable bonds is 2. The molecule has 86 valence electrons. The van der Waals surface area contributed by atoms with Crippen molar-refractivity contribution in [3.8, 4) is 0 Å². The SMILES string of the molecule is CC(C(=O)N1CCN(C)CC1)C(N)=NO. The fourth-order valence-electron chi connectivity index (χ4n) is 1.51. The quantitative estimate of drug-likeness (QED) is 0.271. The van der Waals surface area contributed by atoms with Crippen LogP contribution in [0.2, 0.25) is 0 Å². The summed E-state index contributed by atoms with van der Waals surface area (Å²) in [7, 11) is 2.02. The number of piperazine rings is 1. The second kappa shape index (κ2) is 4.97. The van der Waals surface area contributed by atoms with Gasteiger partial charge in [-0.05, 0) is 14.0 Å². The van der Waals surface area contributed by atoms with E-state index in [2.05, 4.69) is 10.1 Å². The molecule has 15 heavy (non-hydrogen) atoms. The van der Waals surface area contributed by atoms with Crippen molar-refractivity contribution < 1.29 is 10.0 Å². The predicted molar refractivity (Wildman–Crippen MR) is 56.6 cm³/mol. The van der Waals surface area contributed by atoms with Crippen LogP contribution in [0.15, 0.2) is 5.16 Å². The molecule has 1 atom stereocenters. The fourth-order valence-corrected chi connectivity index (χ4v) is 1.51.